The molecule has 2 aromatic carbocycles. The second kappa shape index (κ2) is 11.0. The number of benzene rings is 2. The molecular weight excluding hydrogens is 458 g/mol. The lowest BCUT2D eigenvalue weighted by molar-refractivity contribution is -0.383. The Labute approximate surface area is 188 Å². The van der Waals surface area contributed by atoms with Gasteiger partial charge in [0.15, 0.2) is 16.4 Å². The minimum absolute atomic E-state index is 0.0486. The molecule has 0 atom stereocenters. The number of anilines is 2. The number of amides is 2. The molecule has 0 saturated heterocycles. The fourth-order valence-electron chi connectivity index (χ4n) is 2.59. The van der Waals surface area contributed by atoms with E-state index < -0.39 is 45.4 Å². The summed E-state index contributed by atoms with van der Waals surface area (Å²) in [6, 6.07) is 9.14. The predicted molar refractivity (Wildman–Crippen MR) is 117 cm³/mol. The summed E-state index contributed by atoms with van der Waals surface area (Å²) < 4.78 is 34.4. The minimum Gasteiger partial charge on any atom is -0.497 e. The van der Waals surface area contributed by atoms with Gasteiger partial charge < -0.3 is 20.1 Å². The Morgan fingerprint density at radius 1 is 1.06 bits per heavy atom. The summed E-state index contributed by atoms with van der Waals surface area (Å²) in [5.41, 5.74) is -0.111. The number of nitrogens with zero attached hydrogens (tertiary/aromatic N) is 1. The molecular formula is C20H21N3O9S. The van der Waals surface area contributed by atoms with Crippen molar-refractivity contribution in [1.29, 1.82) is 0 Å². The van der Waals surface area contributed by atoms with E-state index in [2.05, 4.69) is 10.6 Å². The number of ether oxygens (including phenoxy) is 2. The number of sulfone groups is 1. The van der Waals surface area contributed by atoms with Crippen LogP contribution in [0.1, 0.15) is 13.3 Å². The first-order valence-corrected chi connectivity index (χ1v) is 11.1. The van der Waals surface area contributed by atoms with Crippen molar-refractivity contribution >= 4 is 44.7 Å². The molecule has 12 nitrogen and oxygen atoms in total. The Bertz CT molecular complexity index is 1160. The van der Waals surface area contributed by atoms with E-state index in [1.165, 1.54) is 50.4 Å². The largest absolute Gasteiger partial charge is 0.497 e. The van der Waals surface area contributed by atoms with Crippen LogP contribution in [0.3, 0.4) is 0 Å². The molecule has 0 saturated carbocycles. The molecule has 2 N–H and O–H groups in total. The first kappa shape index (κ1) is 25.3. The molecule has 0 unspecified atom stereocenters. The summed E-state index contributed by atoms with van der Waals surface area (Å²) in [5, 5.41) is 15.8. The molecule has 13 heteroatoms. The normalized spacial score (nSPS) is 10.7. The van der Waals surface area contributed by atoms with Crippen LogP contribution in [0, 0.1) is 10.1 Å². The van der Waals surface area contributed by atoms with Crippen LogP contribution in [0.5, 0.6) is 5.75 Å². The van der Waals surface area contributed by atoms with Gasteiger partial charge in [0, 0.05) is 24.7 Å². The number of methoxy groups -OCH3 is 1. The molecule has 0 aliphatic heterocycles. The topological polar surface area (TPSA) is 171 Å². The van der Waals surface area contributed by atoms with Gasteiger partial charge in [-0.1, -0.05) is 0 Å². The molecule has 2 rings (SSSR count). The lowest BCUT2D eigenvalue weighted by Gasteiger charge is -2.09. The highest BCUT2D eigenvalue weighted by molar-refractivity contribution is 7.91. The molecule has 0 spiro atoms. The average Bonchev–Trinajstić information content (AvgIpc) is 2.76. The molecule has 0 heterocycles. The van der Waals surface area contributed by atoms with Gasteiger partial charge in [0.1, 0.15) is 11.4 Å². The molecule has 176 valence electrons. The van der Waals surface area contributed by atoms with Crippen molar-refractivity contribution in [3.63, 3.8) is 0 Å². The Morgan fingerprint density at radius 3 is 2.30 bits per heavy atom. The van der Waals surface area contributed by atoms with Gasteiger partial charge in [0.25, 0.3) is 11.6 Å². The summed E-state index contributed by atoms with van der Waals surface area (Å²) >= 11 is 0. The number of carbonyl (C=O) groups is 3. The Morgan fingerprint density at radius 2 is 1.73 bits per heavy atom. The molecule has 0 aliphatic rings. The smallest absolute Gasteiger partial charge is 0.307 e. The number of nitro groups is 1. The third-order valence-corrected chi connectivity index (χ3v) is 5.88. The standard InChI is InChI=1S/C20H21N3O9S/c1-13(24)21-14-3-6-16(7-4-14)33(29,30)10-9-20(26)32-12-19(25)22-17-11-15(31-2)5-8-18(17)23(27)28/h3-8,11H,9-10,12H2,1-2H3,(H,21,24)(H,22,25). The van der Waals surface area contributed by atoms with E-state index in [4.69, 9.17) is 9.47 Å². The van der Waals surface area contributed by atoms with Crippen molar-refractivity contribution in [3.8, 4) is 5.75 Å². The first-order chi connectivity index (χ1) is 15.5. The van der Waals surface area contributed by atoms with Crippen molar-refractivity contribution < 1.29 is 37.2 Å². The number of nitro benzene ring substituents is 1. The van der Waals surface area contributed by atoms with Crippen LogP contribution in [-0.2, 0) is 29.0 Å². The summed E-state index contributed by atoms with van der Waals surface area (Å²) in [7, 11) is -2.47. The summed E-state index contributed by atoms with van der Waals surface area (Å²) in [6.45, 7) is 0.549. The summed E-state index contributed by atoms with van der Waals surface area (Å²) in [6.07, 6.45) is -0.512. The lowest BCUT2D eigenvalue weighted by Crippen LogP contribution is -2.22. The maximum absolute atomic E-state index is 12.4. The van der Waals surface area contributed by atoms with E-state index in [0.29, 0.717) is 5.69 Å². The number of rotatable bonds is 10. The third-order valence-electron chi connectivity index (χ3n) is 4.15. The van der Waals surface area contributed by atoms with Gasteiger partial charge in [-0.15, -0.1) is 0 Å². The van der Waals surface area contributed by atoms with Crippen LogP contribution in [0.25, 0.3) is 0 Å². The Hall–Kier alpha value is -4.00. The molecule has 0 bridgehead atoms. The van der Waals surface area contributed by atoms with Crippen LogP contribution < -0.4 is 15.4 Å². The quantitative estimate of drug-likeness (QED) is 0.293. The van der Waals surface area contributed by atoms with Gasteiger partial charge in [-0.25, -0.2) is 8.42 Å². The van der Waals surface area contributed by atoms with Crippen LogP contribution in [0.2, 0.25) is 0 Å². The SMILES string of the molecule is COc1ccc([N+](=O)[O-])c(NC(=O)COC(=O)CCS(=O)(=O)c2ccc(NC(C)=O)cc2)c1. The molecule has 0 radical (unpaired) electrons. The van der Waals surface area contributed by atoms with Gasteiger partial charge in [0.2, 0.25) is 5.91 Å². The lowest BCUT2D eigenvalue weighted by atomic mass is 10.2. The van der Waals surface area contributed by atoms with Crippen molar-refractivity contribution in [2.24, 2.45) is 0 Å². The highest BCUT2D eigenvalue weighted by Crippen LogP contribution is 2.28. The second-order valence-electron chi connectivity index (χ2n) is 6.62. The fraction of sp³-hybridized carbons (Fsp3) is 0.250. The summed E-state index contributed by atoms with van der Waals surface area (Å²) in [4.78, 5) is 45.3. The summed E-state index contributed by atoms with van der Waals surface area (Å²) in [5.74, 6) is -2.39. The molecule has 2 aromatic rings. The van der Waals surface area contributed by atoms with E-state index in [1.54, 1.807) is 0 Å². The van der Waals surface area contributed by atoms with E-state index in [9.17, 15) is 32.9 Å². The molecule has 33 heavy (non-hydrogen) atoms. The zero-order chi connectivity index (χ0) is 24.6. The fourth-order valence-corrected chi connectivity index (χ4v) is 3.81. The van der Waals surface area contributed by atoms with Gasteiger partial charge in [-0.3, -0.25) is 24.5 Å². The Kier molecular flexibility index (Phi) is 8.45. The van der Waals surface area contributed by atoms with E-state index >= 15 is 0 Å². The van der Waals surface area contributed by atoms with Crippen molar-refractivity contribution in [2.75, 3.05) is 30.1 Å². The number of esters is 1. The van der Waals surface area contributed by atoms with E-state index in [-0.39, 0.29) is 27.9 Å². The molecule has 0 aromatic heterocycles. The average molecular weight is 479 g/mol. The predicted octanol–water partition coefficient (Wildman–Crippen LogP) is 1.91. The highest BCUT2D eigenvalue weighted by Gasteiger charge is 2.20. The van der Waals surface area contributed by atoms with Crippen molar-refractivity contribution in [1.82, 2.24) is 0 Å². The van der Waals surface area contributed by atoms with Gasteiger partial charge >= 0.3 is 5.97 Å². The monoisotopic (exact) mass is 479 g/mol. The highest BCUT2D eigenvalue weighted by atomic mass is 32.2. The van der Waals surface area contributed by atoms with Gasteiger partial charge in [0.05, 0.1) is 29.1 Å². The number of nitrogens with one attached hydrogen (secondary N) is 2. The Balaban J connectivity index is 1.89. The second-order valence-corrected chi connectivity index (χ2v) is 8.73. The number of hydrogen-bond acceptors (Lipinski definition) is 9. The minimum atomic E-state index is -3.81. The zero-order valence-corrected chi connectivity index (χ0v) is 18.5. The van der Waals surface area contributed by atoms with Crippen LogP contribution in [0.15, 0.2) is 47.4 Å². The number of hydrogen-bond donors (Lipinski definition) is 2. The molecule has 0 aliphatic carbocycles. The van der Waals surface area contributed by atoms with E-state index in [0.717, 1.165) is 6.07 Å². The zero-order valence-electron chi connectivity index (χ0n) is 17.7. The van der Waals surface area contributed by atoms with Crippen LogP contribution in [0.4, 0.5) is 17.1 Å². The maximum Gasteiger partial charge on any atom is 0.307 e. The van der Waals surface area contributed by atoms with Gasteiger partial charge in [-0.2, -0.15) is 0 Å². The van der Waals surface area contributed by atoms with Crippen molar-refractivity contribution in [3.05, 3.63) is 52.6 Å². The maximum atomic E-state index is 12.4. The number of carbonyl (C=O) groups excluding carboxylic acids is 3. The molecule has 2 amide bonds. The van der Waals surface area contributed by atoms with Gasteiger partial charge in [-0.05, 0) is 30.3 Å². The van der Waals surface area contributed by atoms with Crippen LogP contribution in [-0.4, -0.2) is 50.6 Å². The van der Waals surface area contributed by atoms with Crippen LogP contribution >= 0.6 is 0 Å². The van der Waals surface area contributed by atoms with E-state index in [1.807, 2.05) is 0 Å². The first-order valence-electron chi connectivity index (χ1n) is 9.40. The third kappa shape index (κ3) is 7.57. The molecule has 0 fully saturated rings. The van der Waals surface area contributed by atoms with Crippen molar-refractivity contribution in [2.45, 2.75) is 18.2 Å².